The van der Waals surface area contributed by atoms with E-state index in [9.17, 15) is 5.11 Å². The lowest BCUT2D eigenvalue weighted by atomic mass is 9.98. The Morgan fingerprint density at radius 2 is 2.04 bits per heavy atom. The van der Waals surface area contributed by atoms with Crippen LogP contribution in [-0.4, -0.2) is 35.6 Å². The van der Waals surface area contributed by atoms with Crippen LogP contribution in [0.4, 0.5) is 0 Å². The molecule has 1 aliphatic rings. The van der Waals surface area contributed by atoms with Crippen molar-refractivity contribution in [2.24, 2.45) is 0 Å². The summed E-state index contributed by atoms with van der Waals surface area (Å²) in [6.07, 6.45) is 5.82. The summed E-state index contributed by atoms with van der Waals surface area (Å²) in [7, 11) is 0. The maximum absolute atomic E-state index is 10.5. The molecular formula is C18H21N5O2. The Labute approximate surface area is 145 Å². The molecular weight excluding hydrogens is 318 g/mol. The molecule has 0 spiro atoms. The van der Waals surface area contributed by atoms with Crippen molar-refractivity contribution in [3.05, 3.63) is 41.7 Å². The predicted octanol–water partition coefficient (Wildman–Crippen LogP) is 2.78. The minimum atomic E-state index is -0.693. The molecule has 3 aromatic rings. The van der Waals surface area contributed by atoms with Crippen LogP contribution in [0, 0.1) is 13.8 Å². The summed E-state index contributed by atoms with van der Waals surface area (Å²) in [4.78, 5) is 8.87. The predicted molar refractivity (Wildman–Crippen MR) is 91.2 cm³/mol. The normalized spacial score (nSPS) is 16.4. The highest BCUT2D eigenvalue weighted by Gasteiger charge is 2.33. The highest BCUT2D eigenvalue weighted by Crippen LogP contribution is 2.32. The lowest BCUT2D eigenvalue weighted by molar-refractivity contribution is 0.0402. The Morgan fingerprint density at radius 3 is 2.68 bits per heavy atom. The van der Waals surface area contributed by atoms with E-state index in [1.165, 1.54) is 0 Å². The summed E-state index contributed by atoms with van der Waals surface area (Å²) in [6, 6.07) is 5.79. The van der Waals surface area contributed by atoms with E-state index in [1.807, 2.05) is 32.0 Å². The minimum absolute atomic E-state index is 0.414. The van der Waals surface area contributed by atoms with E-state index in [1.54, 1.807) is 10.9 Å². The van der Waals surface area contributed by atoms with Crippen molar-refractivity contribution in [3.8, 4) is 17.2 Å². The fraction of sp³-hybridized carbons (Fsp3) is 0.444. The van der Waals surface area contributed by atoms with Crippen LogP contribution >= 0.6 is 0 Å². The first-order chi connectivity index (χ1) is 12.0. The molecule has 7 nitrogen and oxygen atoms in total. The van der Waals surface area contributed by atoms with Crippen LogP contribution in [-0.2, 0) is 6.42 Å². The smallest absolute Gasteiger partial charge is 0.229 e. The highest BCUT2D eigenvalue weighted by molar-refractivity contribution is 5.53. The van der Waals surface area contributed by atoms with Gasteiger partial charge in [0.25, 0.3) is 0 Å². The second-order valence-electron chi connectivity index (χ2n) is 6.86. The molecule has 1 fully saturated rings. The van der Waals surface area contributed by atoms with Crippen LogP contribution in [0.25, 0.3) is 17.2 Å². The van der Waals surface area contributed by atoms with E-state index >= 15 is 0 Å². The lowest BCUT2D eigenvalue weighted by Gasteiger charge is -2.18. The van der Waals surface area contributed by atoms with Crippen LogP contribution in [0.2, 0.25) is 0 Å². The Hall–Kier alpha value is -2.54. The number of pyridine rings is 1. The topological polar surface area (TPSA) is 89.9 Å². The molecule has 0 radical (unpaired) electrons. The SMILES string of the molecule is Cc1cc(C)n(-c2ccc(-c3noc(CC4(O)CCCC4)n3)cn2)n1. The second kappa shape index (κ2) is 6.07. The van der Waals surface area contributed by atoms with E-state index in [0.29, 0.717) is 18.1 Å². The molecule has 1 saturated carbocycles. The van der Waals surface area contributed by atoms with E-state index in [2.05, 4.69) is 20.2 Å². The molecule has 3 aromatic heterocycles. The highest BCUT2D eigenvalue weighted by atomic mass is 16.5. The van der Waals surface area contributed by atoms with Gasteiger partial charge in [-0.1, -0.05) is 18.0 Å². The third-order valence-corrected chi connectivity index (χ3v) is 4.72. The van der Waals surface area contributed by atoms with Gasteiger partial charge in [-0.2, -0.15) is 10.1 Å². The van der Waals surface area contributed by atoms with E-state index in [-0.39, 0.29) is 0 Å². The standard InChI is InChI=1S/C18H21N5O2/c1-12-9-13(2)23(21-12)15-6-5-14(11-19-15)17-20-16(25-22-17)10-18(24)7-3-4-8-18/h5-6,9,11,24H,3-4,7-8,10H2,1-2H3. The fourth-order valence-electron chi connectivity index (χ4n) is 3.44. The summed E-state index contributed by atoms with van der Waals surface area (Å²) in [5.74, 6) is 1.71. The third kappa shape index (κ3) is 3.19. The number of aryl methyl sites for hydroxylation is 2. The Bertz CT molecular complexity index is 875. The van der Waals surface area contributed by atoms with E-state index in [4.69, 9.17) is 4.52 Å². The molecule has 0 saturated heterocycles. The summed E-state index contributed by atoms with van der Waals surface area (Å²) >= 11 is 0. The van der Waals surface area contributed by atoms with Crippen molar-refractivity contribution in [3.63, 3.8) is 0 Å². The number of rotatable bonds is 4. The average Bonchev–Trinajstić information content (AvgIpc) is 3.29. The van der Waals surface area contributed by atoms with Gasteiger partial charge < -0.3 is 9.63 Å². The van der Waals surface area contributed by atoms with Crippen LogP contribution < -0.4 is 0 Å². The van der Waals surface area contributed by atoms with Crippen molar-refractivity contribution in [1.82, 2.24) is 24.9 Å². The maximum atomic E-state index is 10.5. The van der Waals surface area contributed by atoms with Gasteiger partial charge in [0.2, 0.25) is 11.7 Å². The van der Waals surface area contributed by atoms with Crippen molar-refractivity contribution < 1.29 is 9.63 Å². The largest absolute Gasteiger partial charge is 0.389 e. The van der Waals surface area contributed by atoms with Gasteiger partial charge in [0.1, 0.15) is 0 Å². The molecule has 7 heteroatoms. The van der Waals surface area contributed by atoms with Crippen LogP contribution in [0.3, 0.4) is 0 Å². The molecule has 4 rings (SSSR count). The summed E-state index contributed by atoms with van der Waals surface area (Å²) in [5, 5.41) is 18.9. The zero-order valence-electron chi connectivity index (χ0n) is 14.4. The number of hydrogen-bond acceptors (Lipinski definition) is 6. The van der Waals surface area contributed by atoms with Gasteiger partial charge >= 0.3 is 0 Å². The summed E-state index contributed by atoms with van der Waals surface area (Å²) < 4.78 is 7.12. The van der Waals surface area contributed by atoms with Crippen molar-refractivity contribution in [2.45, 2.75) is 51.6 Å². The molecule has 1 aliphatic carbocycles. The molecule has 0 bridgehead atoms. The first-order valence-electron chi connectivity index (χ1n) is 8.57. The maximum Gasteiger partial charge on any atom is 0.229 e. The van der Waals surface area contributed by atoms with Gasteiger partial charge in [0, 0.05) is 17.5 Å². The van der Waals surface area contributed by atoms with Crippen LogP contribution in [0.15, 0.2) is 28.9 Å². The molecule has 1 N–H and O–H groups in total. The first-order valence-corrected chi connectivity index (χ1v) is 8.57. The Balaban J connectivity index is 1.53. The molecule has 0 amide bonds. The van der Waals surface area contributed by atoms with Crippen molar-refractivity contribution >= 4 is 0 Å². The first kappa shape index (κ1) is 16.0. The zero-order chi connectivity index (χ0) is 17.4. The minimum Gasteiger partial charge on any atom is -0.389 e. The number of aliphatic hydroxyl groups is 1. The van der Waals surface area contributed by atoms with Gasteiger partial charge in [-0.15, -0.1) is 0 Å². The zero-order valence-corrected chi connectivity index (χ0v) is 14.4. The van der Waals surface area contributed by atoms with E-state index in [0.717, 1.165) is 48.5 Å². The molecule has 25 heavy (non-hydrogen) atoms. The van der Waals surface area contributed by atoms with E-state index < -0.39 is 5.60 Å². The molecule has 3 heterocycles. The Morgan fingerprint density at radius 1 is 1.24 bits per heavy atom. The van der Waals surface area contributed by atoms with Crippen LogP contribution in [0.1, 0.15) is 43.0 Å². The van der Waals surface area contributed by atoms with Gasteiger partial charge in [0.05, 0.1) is 17.7 Å². The molecule has 130 valence electrons. The van der Waals surface area contributed by atoms with Gasteiger partial charge in [0.15, 0.2) is 5.82 Å². The number of aromatic nitrogens is 5. The monoisotopic (exact) mass is 339 g/mol. The van der Waals surface area contributed by atoms with Crippen molar-refractivity contribution in [2.75, 3.05) is 0 Å². The quantitative estimate of drug-likeness (QED) is 0.786. The molecule has 0 aromatic carbocycles. The average molecular weight is 339 g/mol. The van der Waals surface area contributed by atoms with Gasteiger partial charge in [-0.3, -0.25) is 0 Å². The number of nitrogens with zero attached hydrogens (tertiary/aromatic N) is 5. The molecule has 0 unspecified atom stereocenters. The van der Waals surface area contributed by atoms with Gasteiger partial charge in [-0.25, -0.2) is 9.67 Å². The van der Waals surface area contributed by atoms with Crippen LogP contribution in [0.5, 0.6) is 0 Å². The lowest BCUT2D eigenvalue weighted by Crippen LogP contribution is -2.27. The number of hydrogen-bond donors (Lipinski definition) is 1. The van der Waals surface area contributed by atoms with Crippen molar-refractivity contribution in [1.29, 1.82) is 0 Å². The Kier molecular flexibility index (Phi) is 3.88. The molecule has 0 atom stereocenters. The second-order valence-corrected chi connectivity index (χ2v) is 6.86. The summed E-state index contributed by atoms with van der Waals surface area (Å²) in [5.41, 5.74) is 2.07. The molecule has 0 aliphatic heterocycles. The van der Waals surface area contributed by atoms with Gasteiger partial charge in [-0.05, 0) is 44.9 Å². The third-order valence-electron chi connectivity index (χ3n) is 4.72. The fourth-order valence-corrected chi connectivity index (χ4v) is 3.44. The summed E-state index contributed by atoms with van der Waals surface area (Å²) in [6.45, 7) is 3.95.